The Morgan fingerprint density at radius 2 is 2.04 bits per heavy atom. The van der Waals surface area contributed by atoms with Crippen LogP contribution in [0.5, 0.6) is 0 Å². The van der Waals surface area contributed by atoms with E-state index >= 15 is 0 Å². The SMILES string of the molecule is O=S(=O)(c1ccc(F)c(Cl)c1)N1CCCC(c2nc3ccccc3s2)C1. The van der Waals surface area contributed by atoms with Crippen LogP contribution in [0.1, 0.15) is 23.8 Å². The van der Waals surface area contributed by atoms with Crippen LogP contribution in [0, 0.1) is 5.82 Å². The molecule has 4 rings (SSSR count). The first-order valence-electron chi connectivity index (χ1n) is 8.26. The van der Waals surface area contributed by atoms with E-state index < -0.39 is 15.8 Å². The van der Waals surface area contributed by atoms with Gasteiger partial charge in [0, 0.05) is 19.0 Å². The number of sulfonamides is 1. The molecule has 136 valence electrons. The van der Waals surface area contributed by atoms with Crippen LogP contribution in [0.3, 0.4) is 0 Å². The highest BCUT2D eigenvalue weighted by atomic mass is 35.5. The number of hydrogen-bond acceptors (Lipinski definition) is 4. The first kappa shape index (κ1) is 17.9. The summed E-state index contributed by atoms with van der Waals surface area (Å²) in [6.07, 6.45) is 1.66. The molecule has 0 N–H and O–H groups in total. The van der Waals surface area contributed by atoms with Gasteiger partial charge in [0.25, 0.3) is 0 Å². The van der Waals surface area contributed by atoms with Crippen molar-refractivity contribution in [2.75, 3.05) is 13.1 Å². The maximum atomic E-state index is 13.4. The summed E-state index contributed by atoms with van der Waals surface area (Å²) in [5.41, 5.74) is 0.942. The van der Waals surface area contributed by atoms with Crippen LogP contribution in [-0.4, -0.2) is 30.8 Å². The smallest absolute Gasteiger partial charge is 0.241 e. The highest BCUT2D eigenvalue weighted by Crippen LogP contribution is 2.35. The third-order valence-electron chi connectivity index (χ3n) is 4.57. The molecule has 0 aliphatic carbocycles. The Morgan fingerprint density at radius 1 is 1.23 bits per heavy atom. The Kier molecular flexibility index (Phi) is 4.73. The molecule has 1 aromatic heterocycles. The molecule has 1 saturated heterocycles. The summed E-state index contributed by atoms with van der Waals surface area (Å²) in [7, 11) is -3.71. The first-order chi connectivity index (χ1) is 12.4. The van der Waals surface area contributed by atoms with E-state index in [2.05, 4.69) is 4.98 Å². The van der Waals surface area contributed by atoms with Gasteiger partial charge in [0.05, 0.1) is 25.1 Å². The molecule has 1 aliphatic heterocycles. The summed E-state index contributed by atoms with van der Waals surface area (Å²) < 4.78 is 41.8. The van der Waals surface area contributed by atoms with Crippen LogP contribution in [0.4, 0.5) is 4.39 Å². The Balaban J connectivity index is 1.62. The molecule has 2 heterocycles. The van der Waals surface area contributed by atoms with Crippen molar-refractivity contribution in [1.29, 1.82) is 0 Å². The van der Waals surface area contributed by atoms with Gasteiger partial charge in [-0.1, -0.05) is 23.7 Å². The zero-order chi connectivity index (χ0) is 18.3. The average molecular weight is 411 g/mol. The fraction of sp³-hybridized carbons (Fsp3) is 0.278. The number of para-hydroxylation sites is 1. The number of piperidine rings is 1. The second kappa shape index (κ2) is 6.88. The van der Waals surface area contributed by atoms with Crippen molar-refractivity contribution in [2.24, 2.45) is 0 Å². The molecule has 0 bridgehead atoms. The van der Waals surface area contributed by atoms with Gasteiger partial charge in [0.2, 0.25) is 10.0 Å². The molecule has 0 spiro atoms. The van der Waals surface area contributed by atoms with Crippen molar-refractivity contribution >= 4 is 43.2 Å². The molecular weight excluding hydrogens is 395 g/mol. The van der Waals surface area contributed by atoms with Gasteiger partial charge >= 0.3 is 0 Å². The predicted molar refractivity (Wildman–Crippen MR) is 102 cm³/mol. The summed E-state index contributed by atoms with van der Waals surface area (Å²) in [4.78, 5) is 4.70. The summed E-state index contributed by atoms with van der Waals surface area (Å²) in [6, 6.07) is 11.4. The first-order valence-corrected chi connectivity index (χ1v) is 10.9. The summed E-state index contributed by atoms with van der Waals surface area (Å²) in [6.45, 7) is 0.815. The maximum absolute atomic E-state index is 13.4. The van der Waals surface area contributed by atoms with Gasteiger partial charge in [0.1, 0.15) is 5.82 Å². The van der Waals surface area contributed by atoms with E-state index in [0.29, 0.717) is 13.1 Å². The molecule has 4 nitrogen and oxygen atoms in total. The minimum atomic E-state index is -3.71. The molecule has 0 amide bonds. The Morgan fingerprint density at radius 3 is 2.81 bits per heavy atom. The minimum absolute atomic E-state index is 0.0221. The number of rotatable bonds is 3. The largest absolute Gasteiger partial charge is 0.243 e. The number of thiazole rings is 1. The molecule has 0 saturated carbocycles. The van der Waals surface area contributed by atoms with Crippen LogP contribution < -0.4 is 0 Å². The number of halogens is 2. The zero-order valence-electron chi connectivity index (χ0n) is 13.7. The molecule has 1 unspecified atom stereocenters. The van der Waals surface area contributed by atoms with E-state index in [0.717, 1.165) is 34.1 Å². The second-order valence-electron chi connectivity index (χ2n) is 6.30. The highest BCUT2D eigenvalue weighted by Gasteiger charge is 2.32. The predicted octanol–water partition coefficient (Wildman–Crippen LogP) is 4.66. The van der Waals surface area contributed by atoms with E-state index in [9.17, 15) is 12.8 Å². The van der Waals surface area contributed by atoms with E-state index in [1.807, 2.05) is 24.3 Å². The van der Waals surface area contributed by atoms with Gasteiger partial charge in [-0.05, 0) is 43.2 Å². The number of fused-ring (bicyclic) bond motifs is 1. The average Bonchev–Trinajstić information content (AvgIpc) is 3.08. The number of nitrogens with zero attached hydrogens (tertiary/aromatic N) is 2. The minimum Gasteiger partial charge on any atom is -0.241 e. The van der Waals surface area contributed by atoms with E-state index in [-0.39, 0.29) is 15.8 Å². The molecule has 1 aliphatic rings. The van der Waals surface area contributed by atoms with Gasteiger partial charge < -0.3 is 0 Å². The monoisotopic (exact) mass is 410 g/mol. The van der Waals surface area contributed by atoms with Gasteiger partial charge in [-0.15, -0.1) is 11.3 Å². The second-order valence-corrected chi connectivity index (χ2v) is 9.71. The molecule has 0 radical (unpaired) electrons. The third-order valence-corrected chi connectivity index (χ3v) is 7.92. The van der Waals surface area contributed by atoms with Gasteiger partial charge in [0.15, 0.2) is 0 Å². The lowest BCUT2D eigenvalue weighted by atomic mass is 10.0. The summed E-state index contributed by atoms with van der Waals surface area (Å²) in [5.74, 6) is -0.566. The lowest BCUT2D eigenvalue weighted by molar-refractivity contribution is 0.315. The Labute approximate surface area is 160 Å². The van der Waals surface area contributed by atoms with Crippen molar-refractivity contribution in [2.45, 2.75) is 23.7 Å². The Hall–Kier alpha value is -1.54. The lowest BCUT2D eigenvalue weighted by Crippen LogP contribution is -2.39. The molecule has 8 heteroatoms. The van der Waals surface area contributed by atoms with Crippen LogP contribution in [0.25, 0.3) is 10.2 Å². The van der Waals surface area contributed by atoms with E-state index in [4.69, 9.17) is 11.6 Å². The fourth-order valence-corrected chi connectivity index (χ4v) is 6.10. The van der Waals surface area contributed by atoms with E-state index in [1.165, 1.54) is 16.4 Å². The zero-order valence-corrected chi connectivity index (χ0v) is 16.1. The summed E-state index contributed by atoms with van der Waals surface area (Å²) >= 11 is 7.38. The fourth-order valence-electron chi connectivity index (χ4n) is 3.21. The third kappa shape index (κ3) is 3.24. The quantitative estimate of drug-likeness (QED) is 0.631. The molecular formula is C18H16ClFN2O2S2. The lowest BCUT2D eigenvalue weighted by Gasteiger charge is -2.31. The normalized spacial score (nSPS) is 19.1. The van der Waals surface area contributed by atoms with Crippen molar-refractivity contribution in [3.63, 3.8) is 0 Å². The highest BCUT2D eigenvalue weighted by molar-refractivity contribution is 7.89. The van der Waals surface area contributed by atoms with Gasteiger partial charge in [-0.3, -0.25) is 0 Å². The molecule has 1 fully saturated rings. The van der Waals surface area contributed by atoms with Gasteiger partial charge in [-0.2, -0.15) is 4.31 Å². The standard InChI is InChI=1S/C18H16ClFN2O2S2/c19-14-10-13(7-8-15(14)20)26(23,24)22-9-3-4-12(11-22)18-21-16-5-1-2-6-17(16)25-18/h1-2,5-8,10,12H,3-4,9,11H2. The number of benzene rings is 2. The van der Waals surface area contributed by atoms with Crippen LogP contribution in [0.2, 0.25) is 5.02 Å². The van der Waals surface area contributed by atoms with Crippen molar-refractivity contribution < 1.29 is 12.8 Å². The summed E-state index contributed by atoms with van der Waals surface area (Å²) in [5, 5.41) is 0.772. The molecule has 2 aromatic carbocycles. The van der Waals surface area contributed by atoms with Crippen LogP contribution in [0.15, 0.2) is 47.4 Å². The van der Waals surface area contributed by atoms with Crippen molar-refractivity contribution in [3.8, 4) is 0 Å². The van der Waals surface area contributed by atoms with Crippen LogP contribution in [-0.2, 0) is 10.0 Å². The molecule has 26 heavy (non-hydrogen) atoms. The van der Waals surface area contributed by atoms with Crippen molar-refractivity contribution in [1.82, 2.24) is 9.29 Å². The van der Waals surface area contributed by atoms with Crippen molar-refractivity contribution in [3.05, 3.63) is 58.3 Å². The number of hydrogen-bond donors (Lipinski definition) is 0. The molecule has 1 atom stereocenters. The van der Waals surface area contributed by atoms with Gasteiger partial charge in [-0.25, -0.2) is 17.8 Å². The topological polar surface area (TPSA) is 50.3 Å². The van der Waals surface area contributed by atoms with E-state index in [1.54, 1.807) is 11.3 Å². The Bertz CT molecular complexity index is 1030. The number of aromatic nitrogens is 1. The maximum Gasteiger partial charge on any atom is 0.243 e. The van der Waals surface area contributed by atoms with Crippen LogP contribution >= 0.6 is 22.9 Å². The molecule has 3 aromatic rings.